The minimum atomic E-state index is 0.498. The van der Waals surface area contributed by atoms with E-state index in [2.05, 4.69) is 66.7 Å². The maximum absolute atomic E-state index is 9.65. The zero-order valence-electron chi connectivity index (χ0n) is 27.6. The molecule has 0 aliphatic carbocycles. The number of fused-ring (bicyclic) bond motifs is 6. The molecule has 0 amide bonds. The van der Waals surface area contributed by atoms with Gasteiger partial charge in [-0.15, -0.1) is 0 Å². The molecule has 3 aromatic heterocycles. The van der Waals surface area contributed by atoms with Gasteiger partial charge in [-0.3, -0.25) is 0 Å². The molecule has 6 nitrogen and oxygen atoms in total. The maximum atomic E-state index is 9.65. The zero-order valence-corrected chi connectivity index (χ0v) is 27.6. The van der Waals surface area contributed by atoms with E-state index in [1.807, 2.05) is 91.0 Å². The Morgan fingerprint density at radius 3 is 1.65 bits per heavy atom. The molecule has 0 saturated carbocycles. The molecular formula is C46H26N4O2. The first-order valence-corrected chi connectivity index (χ1v) is 17.0. The highest BCUT2D eigenvalue weighted by atomic mass is 16.3. The zero-order chi connectivity index (χ0) is 34.6. The highest BCUT2D eigenvalue weighted by Gasteiger charge is 2.18. The van der Waals surface area contributed by atoms with Crippen LogP contribution in [0.15, 0.2) is 167 Å². The topological polar surface area (TPSA) is 88.7 Å². The van der Waals surface area contributed by atoms with Gasteiger partial charge >= 0.3 is 0 Å². The average Bonchev–Trinajstić information content (AvgIpc) is 3.79. The number of nitrogens with zero attached hydrogens (tertiary/aromatic N) is 4. The molecule has 52 heavy (non-hydrogen) atoms. The van der Waals surface area contributed by atoms with Crippen molar-refractivity contribution in [2.75, 3.05) is 0 Å². The van der Waals surface area contributed by atoms with Gasteiger partial charge in [-0.25, -0.2) is 15.0 Å². The van der Waals surface area contributed by atoms with Crippen molar-refractivity contribution in [3.8, 4) is 62.5 Å². The summed E-state index contributed by atoms with van der Waals surface area (Å²) in [7, 11) is 0. The van der Waals surface area contributed by atoms with Gasteiger partial charge in [0.1, 0.15) is 22.8 Å². The van der Waals surface area contributed by atoms with E-state index in [-0.39, 0.29) is 0 Å². The van der Waals surface area contributed by atoms with Gasteiger partial charge in [0.15, 0.2) is 23.1 Å². The first-order valence-electron chi connectivity index (χ1n) is 17.0. The maximum Gasteiger partial charge on any atom is 0.164 e. The van der Waals surface area contributed by atoms with E-state index in [4.69, 9.17) is 23.8 Å². The van der Waals surface area contributed by atoms with Crippen LogP contribution in [0.5, 0.6) is 0 Å². The number of hydrogen-bond acceptors (Lipinski definition) is 6. The SMILES string of the molecule is N#Cc1cccc2c1oc1cc(-c3nc(-c4ccccc4)nc(-c4ccc5c(c4)oc4cccc(-c6ccc(-c7ccccc7)cc6)c45)n3)ccc12. The summed E-state index contributed by atoms with van der Waals surface area (Å²) in [6, 6.07) is 55.1. The van der Waals surface area contributed by atoms with Crippen molar-refractivity contribution in [3.63, 3.8) is 0 Å². The van der Waals surface area contributed by atoms with Crippen LogP contribution >= 0.6 is 0 Å². The largest absolute Gasteiger partial charge is 0.456 e. The second kappa shape index (κ2) is 11.9. The first-order chi connectivity index (χ1) is 25.7. The number of para-hydroxylation sites is 1. The Labute approximate surface area is 297 Å². The number of rotatable bonds is 5. The molecule has 0 N–H and O–H groups in total. The lowest BCUT2D eigenvalue weighted by Gasteiger charge is -2.09. The summed E-state index contributed by atoms with van der Waals surface area (Å²) in [4.78, 5) is 14.9. The summed E-state index contributed by atoms with van der Waals surface area (Å²) in [5.41, 5.74) is 10.4. The van der Waals surface area contributed by atoms with E-state index in [1.54, 1.807) is 6.07 Å². The number of furan rings is 2. The molecule has 0 spiro atoms. The minimum absolute atomic E-state index is 0.498. The number of aromatic nitrogens is 3. The molecule has 0 unspecified atom stereocenters. The van der Waals surface area contributed by atoms with Crippen molar-refractivity contribution < 1.29 is 8.83 Å². The third-order valence-corrected chi connectivity index (χ3v) is 9.60. The summed E-state index contributed by atoms with van der Waals surface area (Å²) in [5.74, 6) is 1.60. The Kier molecular flexibility index (Phi) is 6.76. The van der Waals surface area contributed by atoms with Gasteiger partial charge in [0.05, 0.1) is 5.56 Å². The number of nitriles is 1. The van der Waals surface area contributed by atoms with Crippen LogP contribution in [0.25, 0.3) is 100 Å². The predicted molar refractivity (Wildman–Crippen MR) is 206 cm³/mol. The van der Waals surface area contributed by atoms with Gasteiger partial charge in [-0.1, -0.05) is 121 Å². The average molecular weight is 667 g/mol. The molecule has 10 aromatic rings. The second-order valence-electron chi connectivity index (χ2n) is 12.7. The van der Waals surface area contributed by atoms with Crippen LogP contribution in [0.2, 0.25) is 0 Å². The van der Waals surface area contributed by atoms with Gasteiger partial charge in [0, 0.05) is 38.2 Å². The minimum Gasteiger partial charge on any atom is -0.456 e. The van der Waals surface area contributed by atoms with Crippen LogP contribution < -0.4 is 0 Å². The van der Waals surface area contributed by atoms with Crippen LogP contribution in [0, 0.1) is 11.3 Å². The molecule has 242 valence electrons. The Morgan fingerprint density at radius 2 is 0.962 bits per heavy atom. The monoisotopic (exact) mass is 666 g/mol. The van der Waals surface area contributed by atoms with Gasteiger partial charge in [-0.2, -0.15) is 5.26 Å². The van der Waals surface area contributed by atoms with Crippen molar-refractivity contribution in [2.45, 2.75) is 0 Å². The standard InChI is InChI=1S/C46H26N4O2/c47-27-34-13-7-15-37-36-23-21-32(25-40(36)52-43(34)37)45-48-44(31-11-5-2-6-12-31)49-46(50-45)33-22-24-38-41(26-33)51-39-16-8-14-35(42(38)39)30-19-17-29(18-20-30)28-9-3-1-4-10-28/h1-26H. The first kappa shape index (κ1) is 29.5. The second-order valence-corrected chi connectivity index (χ2v) is 12.7. The quantitative estimate of drug-likeness (QED) is 0.182. The fraction of sp³-hybridized carbons (Fsp3) is 0. The molecule has 0 aliphatic rings. The molecule has 0 atom stereocenters. The summed E-state index contributed by atoms with van der Waals surface area (Å²) in [5, 5.41) is 13.6. The van der Waals surface area contributed by atoms with Gasteiger partial charge in [-0.05, 0) is 58.7 Å². The highest BCUT2D eigenvalue weighted by molar-refractivity contribution is 6.13. The highest BCUT2D eigenvalue weighted by Crippen LogP contribution is 2.39. The van der Waals surface area contributed by atoms with Gasteiger partial charge < -0.3 is 8.83 Å². The Morgan fingerprint density at radius 1 is 0.404 bits per heavy atom. The molecule has 0 saturated heterocycles. The third kappa shape index (κ3) is 4.92. The molecule has 0 bridgehead atoms. The lowest BCUT2D eigenvalue weighted by Crippen LogP contribution is -2.00. The van der Waals surface area contributed by atoms with Crippen molar-refractivity contribution in [2.24, 2.45) is 0 Å². The molecule has 3 heterocycles. The van der Waals surface area contributed by atoms with E-state index in [0.29, 0.717) is 34.2 Å². The van der Waals surface area contributed by atoms with Crippen molar-refractivity contribution in [1.29, 1.82) is 5.26 Å². The summed E-state index contributed by atoms with van der Waals surface area (Å²) in [6.07, 6.45) is 0. The Balaban J connectivity index is 1.09. The van der Waals surface area contributed by atoms with E-state index < -0.39 is 0 Å². The third-order valence-electron chi connectivity index (χ3n) is 9.60. The number of hydrogen-bond donors (Lipinski definition) is 0. The normalized spacial score (nSPS) is 11.4. The lowest BCUT2D eigenvalue weighted by atomic mass is 9.96. The summed E-state index contributed by atoms with van der Waals surface area (Å²) >= 11 is 0. The Hall–Kier alpha value is -7.36. The van der Waals surface area contributed by atoms with Crippen LogP contribution in [0.3, 0.4) is 0 Å². The molecule has 0 radical (unpaired) electrons. The molecule has 0 fully saturated rings. The molecular weight excluding hydrogens is 641 g/mol. The van der Waals surface area contributed by atoms with Gasteiger partial charge in [0.25, 0.3) is 0 Å². The molecule has 0 aliphatic heterocycles. The molecule has 6 heteroatoms. The predicted octanol–water partition coefficient (Wildman–Crippen LogP) is 11.9. The van der Waals surface area contributed by atoms with E-state index >= 15 is 0 Å². The van der Waals surface area contributed by atoms with E-state index in [0.717, 1.165) is 60.5 Å². The lowest BCUT2D eigenvalue weighted by molar-refractivity contribution is 0.667. The van der Waals surface area contributed by atoms with E-state index in [1.165, 1.54) is 11.1 Å². The van der Waals surface area contributed by atoms with Crippen LogP contribution in [0.1, 0.15) is 5.56 Å². The van der Waals surface area contributed by atoms with Crippen molar-refractivity contribution >= 4 is 43.9 Å². The van der Waals surface area contributed by atoms with Crippen LogP contribution in [-0.4, -0.2) is 15.0 Å². The smallest absolute Gasteiger partial charge is 0.164 e. The fourth-order valence-corrected chi connectivity index (χ4v) is 7.05. The fourth-order valence-electron chi connectivity index (χ4n) is 7.05. The van der Waals surface area contributed by atoms with E-state index in [9.17, 15) is 5.26 Å². The van der Waals surface area contributed by atoms with Crippen LogP contribution in [-0.2, 0) is 0 Å². The molecule has 10 rings (SSSR count). The number of benzene rings is 7. The van der Waals surface area contributed by atoms with Crippen LogP contribution in [0.4, 0.5) is 0 Å². The summed E-state index contributed by atoms with van der Waals surface area (Å²) in [6.45, 7) is 0. The van der Waals surface area contributed by atoms with Gasteiger partial charge in [0.2, 0.25) is 0 Å². The molecule has 7 aromatic carbocycles. The Bertz CT molecular complexity index is 3010. The summed E-state index contributed by atoms with van der Waals surface area (Å²) < 4.78 is 12.7. The van der Waals surface area contributed by atoms with Crippen molar-refractivity contribution in [1.82, 2.24) is 15.0 Å². The van der Waals surface area contributed by atoms with Crippen molar-refractivity contribution in [3.05, 3.63) is 163 Å².